The minimum absolute atomic E-state index is 0.0407. The third kappa shape index (κ3) is 4.07. The molecule has 0 unspecified atom stereocenters. The quantitative estimate of drug-likeness (QED) is 0.487. The van der Waals surface area contributed by atoms with Gasteiger partial charge in [0.25, 0.3) is 0 Å². The van der Waals surface area contributed by atoms with Crippen molar-refractivity contribution in [1.82, 2.24) is 35.0 Å². The van der Waals surface area contributed by atoms with Gasteiger partial charge in [0.1, 0.15) is 5.82 Å². The molecular weight excluding hydrogens is 378 g/mol. The number of aromatic amines is 1. The molecule has 154 valence electrons. The molecule has 1 N–H and O–H groups in total. The van der Waals surface area contributed by atoms with Crippen LogP contribution in [0.25, 0.3) is 22.5 Å². The number of nitrogens with zero attached hydrogens (tertiary/aromatic N) is 6. The number of aryl methyl sites for hydroxylation is 2. The second kappa shape index (κ2) is 8.86. The lowest BCUT2D eigenvalue weighted by Gasteiger charge is -2.08. The summed E-state index contributed by atoms with van der Waals surface area (Å²) in [5.41, 5.74) is 4.14. The third-order valence-electron chi connectivity index (χ3n) is 5.16. The molecule has 2 heterocycles. The zero-order valence-corrected chi connectivity index (χ0v) is 17.2. The van der Waals surface area contributed by atoms with Gasteiger partial charge in [-0.05, 0) is 46.5 Å². The van der Waals surface area contributed by atoms with E-state index in [9.17, 15) is 4.79 Å². The van der Waals surface area contributed by atoms with Gasteiger partial charge in [0, 0.05) is 18.5 Å². The van der Waals surface area contributed by atoms with Crippen molar-refractivity contribution < 1.29 is 0 Å². The molecule has 0 aliphatic heterocycles. The van der Waals surface area contributed by atoms with Crippen molar-refractivity contribution in [1.29, 1.82) is 0 Å². The second-order valence-electron chi connectivity index (χ2n) is 7.23. The van der Waals surface area contributed by atoms with Crippen LogP contribution in [-0.4, -0.2) is 35.0 Å². The van der Waals surface area contributed by atoms with E-state index in [0.717, 1.165) is 47.3 Å². The molecule has 2 aromatic heterocycles. The number of tetrazole rings is 1. The number of nitrogens with one attached hydrogen (secondary N) is 1. The predicted octanol–water partition coefficient (Wildman–Crippen LogP) is 3.30. The summed E-state index contributed by atoms with van der Waals surface area (Å²) in [5.74, 6) is 1.50. The topological polar surface area (TPSA) is 94.3 Å². The Kier molecular flexibility index (Phi) is 5.83. The smallest absolute Gasteiger partial charge is 0.274 e. The van der Waals surface area contributed by atoms with Crippen molar-refractivity contribution in [2.45, 2.75) is 46.2 Å². The van der Waals surface area contributed by atoms with Gasteiger partial charge >= 0.3 is 5.69 Å². The molecule has 0 aliphatic rings. The number of aromatic nitrogens is 7. The van der Waals surface area contributed by atoms with Crippen LogP contribution in [0.3, 0.4) is 0 Å². The molecule has 2 aromatic carbocycles. The van der Waals surface area contributed by atoms with Crippen LogP contribution < -0.4 is 5.69 Å². The summed E-state index contributed by atoms with van der Waals surface area (Å²) >= 11 is 0. The number of benzene rings is 2. The van der Waals surface area contributed by atoms with Gasteiger partial charge < -0.3 is 0 Å². The van der Waals surface area contributed by atoms with Crippen LogP contribution in [0.2, 0.25) is 0 Å². The first kappa shape index (κ1) is 19.8. The van der Waals surface area contributed by atoms with Gasteiger partial charge in [-0.2, -0.15) is 5.10 Å². The number of rotatable bonds is 8. The summed E-state index contributed by atoms with van der Waals surface area (Å²) in [6, 6.07) is 16.4. The Hall–Kier alpha value is -3.55. The maximum Gasteiger partial charge on any atom is 0.346 e. The average Bonchev–Trinajstić information content (AvgIpc) is 3.42. The fraction of sp³-hybridized carbons (Fsp3) is 0.318. The van der Waals surface area contributed by atoms with E-state index >= 15 is 0 Å². The van der Waals surface area contributed by atoms with E-state index in [1.165, 1.54) is 0 Å². The van der Waals surface area contributed by atoms with Crippen molar-refractivity contribution >= 4 is 0 Å². The summed E-state index contributed by atoms with van der Waals surface area (Å²) in [6.07, 6.45) is 2.92. The summed E-state index contributed by atoms with van der Waals surface area (Å²) < 4.78 is 3.34. The predicted molar refractivity (Wildman–Crippen MR) is 115 cm³/mol. The first-order valence-corrected chi connectivity index (χ1v) is 10.3. The normalized spacial score (nSPS) is 11.1. The van der Waals surface area contributed by atoms with Crippen LogP contribution in [0.1, 0.15) is 38.1 Å². The number of hydrogen-bond acceptors (Lipinski definition) is 5. The molecule has 0 amide bonds. The highest BCUT2D eigenvalue weighted by Gasteiger charge is 2.13. The fourth-order valence-corrected chi connectivity index (χ4v) is 3.48. The highest BCUT2D eigenvalue weighted by atomic mass is 16.2. The highest BCUT2D eigenvalue weighted by molar-refractivity contribution is 5.70. The molecule has 0 saturated carbocycles. The Morgan fingerprint density at radius 1 is 1.00 bits per heavy atom. The Morgan fingerprint density at radius 2 is 1.80 bits per heavy atom. The summed E-state index contributed by atoms with van der Waals surface area (Å²) in [7, 11) is 0. The number of unbranched alkanes of at least 4 members (excludes halogenated alkanes) is 1. The molecule has 0 atom stereocenters. The van der Waals surface area contributed by atoms with Crippen LogP contribution in [0, 0.1) is 0 Å². The van der Waals surface area contributed by atoms with Gasteiger partial charge in [0.2, 0.25) is 0 Å². The monoisotopic (exact) mass is 403 g/mol. The molecule has 0 bridgehead atoms. The van der Waals surface area contributed by atoms with E-state index in [1.807, 2.05) is 19.1 Å². The van der Waals surface area contributed by atoms with Crippen LogP contribution in [0.4, 0.5) is 0 Å². The zero-order valence-electron chi connectivity index (χ0n) is 17.2. The minimum atomic E-state index is -0.0407. The maximum absolute atomic E-state index is 12.7. The van der Waals surface area contributed by atoms with Gasteiger partial charge in [-0.1, -0.05) is 55.8 Å². The first-order chi connectivity index (χ1) is 14.7. The van der Waals surface area contributed by atoms with Gasteiger partial charge in [0.05, 0.1) is 6.54 Å². The third-order valence-corrected chi connectivity index (χ3v) is 5.16. The molecule has 8 heteroatoms. The molecule has 4 rings (SSSR count). The number of H-pyrrole nitrogens is 1. The molecule has 0 radical (unpaired) electrons. The van der Waals surface area contributed by atoms with Crippen molar-refractivity contribution in [2.75, 3.05) is 0 Å². The van der Waals surface area contributed by atoms with E-state index in [0.29, 0.717) is 18.9 Å². The molecule has 30 heavy (non-hydrogen) atoms. The lowest BCUT2D eigenvalue weighted by atomic mass is 10.0. The Morgan fingerprint density at radius 3 is 2.50 bits per heavy atom. The standard InChI is InChI=1S/C22H25N7O/c1-3-5-9-20-25-29(4-2)22(30)28(20)15-16-10-12-17(13-11-16)18-7-6-8-19(14-18)21-23-26-27-24-21/h6-8,10-14H,3-5,9,15H2,1-2H3,(H,23,24,26,27). The van der Waals surface area contributed by atoms with Crippen molar-refractivity contribution in [2.24, 2.45) is 0 Å². The SMILES string of the molecule is CCCCc1nn(CC)c(=O)n1Cc1ccc(-c2cccc(-c3nnn[nH]3)c2)cc1. The van der Waals surface area contributed by atoms with Gasteiger partial charge in [-0.15, -0.1) is 5.10 Å². The molecule has 0 aliphatic carbocycles. The Balaban J connectivity index is 1.57. The van der Waals surface area contributed by atoms with E-state index in [-0.39, 0.29) is 5.69 Å². The lowest BCUT2D eigenvalue weighted by Crippen LogP contribution is -2.25. The maximum atomic E-state index is 12.7. The fourth-order valence-electron chi connectivity index (χ4n) is 3.48. The average molecular weight is 403 g/mol. The number of hydrogen-bond donors (Lipinski definition) is 1. The molecule has 0 spiro atoms. The molecule has 0 fully saturated rings. The van der Waals surface area contributed by atoms with Gasteiger partial charge in [0.15, 0.2) is 5.82 Å². The molecule has 0 saturated heterocycles. The van der Waals surface area contributed by atoms with Crippen LogP contribution in [-0.2, 0) is 19.5 Å². The van der Waals surface area contributed by atoms with Crippen LogP contribution in [0.15, 0.2) is 53.3 Å². The van der Waals surface area contributed by atoms with Crippen molar-refractivity contribution in [3.63, 3.8) is 0 Å². The lowest BCUT2D eigenvalue weighted by molar-refractivity contribution is 0.615. The largest absolute Gasteiger partial charge is 0.346 e. The van der Waals surface area contributed by atoms with Crippen molar-refractivity contribution in [3.8, 4) is 22.5 Å². The van der Waals surface area contributed by atoms with Crippen LogP contribution in [0.5, 0.6) is 0 Å². The van der Waals surface area contributed by atoms with E-state index in [4.69, 9.17) is 0 Å². The van der Waals surface area contributed by atoms with Crippen molar-refractivity contribution in [3.05, 3.63) is 70.4 Å². The summed E-state index contributed by atoms with van der Waals surface area (Å²) in [6.45, 7) is 5.20. The van der Waals surface area contributed by atoms with Gasteiger partial charge in [-0.3, -0.25) is 4.57 Å². The minimum Gasteiger partial charge on any atom is -0.274 e. The summed E-state index contributed by atoms with van der Waals surface area (Å²) in [4.78, 5) is 12.7. The van der Waals surface area contributed by atoms with E-state index in [2.05, 4.69) is 69.0 Å². The first-order valence-electron chi connectivity index (χ1n) is 10.3. The van der Waals surface area contributed by atoms with Crippen LogP contribution >= 0.6 is 0 Å². The van der Waals surface area contributed by atoms with Gasteiger partial charge in [-0.25, -0.2) is 14.6 Å². The Bertz CT molecular complexity index is 1160. The Labute approximate surface area is 174 Å². The molecular formula is C22H25N7O. The van der Waals surface area contributed by atoms with E-state index in [1.54, 1.807) is 9.25 Å². The molecule has 8 nitrogen and oxygen atoms in total. The summed E-state index contributed by atoms with van der Waals surface area (Å²) in [5, 5.41) is 18.5. The zero-order chi connectivity index (χ0) is 20.9. The molecule has 4 aromatic rings. The highest BCUT2D eigenvalue weighted by Crippen LogP contribution is 2.24. The van der Waals surface area contributed by atoms with E-state index < -0.39 is 0 Å². The second-order valence-corrected chi connectivity index (χ2v) is 7.23.